The molecule has 2 bridgehead atoms. The van der Waals surface area contributed by atoms with Crippen LogP contribution in [-0.4, -0.2) is 68.4 Å². The molecular formula is C20H30N2O4. The van der Waals surface area contributed by atoms with Crippen molar-refractivity contribution in [2.45, 2.75) is 57.0 Å². The van der Waals surface area contributed by atoms with E-state index in [0.29, 0.717) is 0 Å². The Labute approximate surface area is 155 Å². The molecule has 1 N–H and O–H groups in total. The van der Waals surface area contributed by atoms with Gasteiger partial charge < -0.3 is 24.3 Å². The molecule has 4 rings (SSSR count). The van der Waals surface area contributed by atoms with E-state index in [1.165, 1.54) is 5.56 Å². The molecule has 1 aromatic rings. The van der Waals surface area contributed by atoms with Gasteiger partial charge >= 0.3 is 0 Å². The zero-order chi connectivity index (χ0) is 18.1. The van der Waals surface area contributed by atoms with Gasteiger partial charge in [-0.1, -0.05) is 12.1 Å². The Hall–Kier alpha value is -1.18. The molecule has 3 saturated heterocycles. The molecule has 6 nitrogen and oxygen atoms in total. The first kappa shape index (κ1) is 18.2. The third kappa shape index (κ3) is 3.89. The highest BCUT2D eigenvalue weighted by Crippen LogP contribution is 2.41. The topological polar surface area (TPSA) is 52.2 Å². The first-order valence-electron chi connectivity index (χ1n) is 9.61. The van der Waals surface area contributed by atoms with Crippen LogP contribution in [0, 0.1) is 0 Å². The van der Waals surface area contributed by atoms with Crippen molar-refractivity contribution in [1.82, 2.24) is 10.2 Å². The summed E-state index contributed by atoms with van der Waals surface area (Å²) in [6, 6.07) is 8.21. The molecule has 3 aliphatic heterocycles. The van der Waals surface area contributed by atoms with Gasteiger partial charge in [0.25, 0.3) is 0 Å². The molecule has 0 spiro atoms. The predicted octanol–water partition coefficient (Wildman–Crippen LogP) is 1.78. The number of fused-ring (bicyclic) bond motifs is 5. The summed E-state index contributed by atoms with van der Waals surface area (Å²) in [6.45, 7) is 8.82. The number of rotatable bonds is 6. The Kier molecular flexibility index (Phi) is 5.21. The molecule has 0 aromatic heterocycles. The highest BCUT2D eigenvalue weighted by atomic mass is 16.8. The largest absolute Gasteiger partial charge is 0.497 e. The van der Waals surface area contributed by atoms with Crippen LogP contribution in [-0.2, 0) is 20.8 Å². The molecule has 144 valence electrons. The number of methoxy groups -OCH3 is 1. The van der Waals surface area contributed by atoms with Crippen molar-refractivity contribution in [2.24, 2.45) is 0 Å². The third-order valence-corrected chi connectivity index (χ3v) is 5.51. The van der Waals surface area contributed by atoms with Gasteiger partial charge in [-0.2, -0.15) is 0 Å². The van der Waals surface area contributed by atoms with Crippen LogP contribution in [0.15, 0.2) is 24.3 Å². The summed E-state index contributed by atoms with van der Waals surface area (Å²) in [5.74, 6) is 0.415. The van der Waals surface area contributed by atoms with E-state index in [-0.39, 0.29) is 24.4 Å². The molecule has 1 aromatic carbocycles. The lowest BCUT2D eigenvalue weighted by Gasteiger charge is -2.26. The highest BCUT2D eigenvalue weighted by Gasteiger charge is 2.55. The van der Waals surface area contributed by atoms with Gasteiger partial charge in [0, 0.05) is 32.7 Å². The second-order valence-corrected chi connectivity index (χ2v) is 7.89. The average Bonchev–Trinajstić information content (AvgIpc) is 2.99. The van der Waals surface area contributed by atoms with Crippen molar-refractivity contribution in [3.8, 4) is 5.75 Å². The van der Waals surface area contributed by atoms with Crippen LogP contribution in [0.4, 0.5) is 0 Å². The minimum atomic E-state index is -0.481. The van der Waals surface area contributed by atoms with Crippen molar-refractivity contribution in [3.63, 3.8) is 0 Å². The number of ether oxygens (including phenoxy) is 4. The van der Waals surface area contributed by atoms with E-state index >= 15 is 0 Å². The molecule has 3 aliphatic rings. The van der Waals surface area contributed by atoms with Crippen LogP contribution >= 0.6 is 0 Å². The molecule has 6 heteroatoms. The number of likely N-dealkylation sites (tertiary alicyclic amines) is 1. The lowest BCUT2D eigenvalue weighted by atomic mass is 10.0. The number of benzene rings is 1. The molecule has 0 aliphatic carbocycles. The summed E-state index contributed by atoms with van der Waals surface area (Å²) in [4.78, 5) is 2.48. The number of hydrogen-bond donors (Lipinski definition) is 1. The molecule has 0 radical (unpaired) electrons. The summed E-state index contributed by atoms with van der Waals surface area (Å²) < 4.78 is 23.5. The van der Waals surface area contributed by atoms with Crippen molar-refractivity contribution in [2.75, 3.05) is 33.3 Å². The number of nitrogens with zero attached hydrogens (tertiary/aromatic N) is 1. The Morgan fingerprint density at radius 2 is 1.88 bits per heavy atom. The molecule has 0 amide bonds. The van der Waals surface area contributed by atoms with Crippen LogP contribution in [0.1, 0.15) is 25.8 Å². The lowest BCUT2D eigenvalue weighted by molar-refractivity contribution is -0.185. The summed E-state index contributed by atoms with van der Waals surface area (Å²) in [7, 11) is 1.69. The van der Waals surface area contributed by atoms with Crippen molar-refractivity contribution in [1.29, 1.82) is 0 Å². The fourth-order valence-electron chi connectivity index (χ4n) is 4.22. The van der Waals surface area contributed by atoms with E-state index in [1.54, 1.807) is 7.11 Å². The van der Waals surface area contributed by atoms with Crippen LogP contribution in [0.5, 0.6) is 5.75 Å². The predicted molar refractivity (Wildman–Crippen MR) is 98.2 cm³/mol. The normalized spacial score (nSPS) is 33.0. The zero-order valence-electron chi connectivity index (χ0n) is 15.9. The van der Waals surface area contributed by atoms with Crippen LogP contribution < -0.4 is 10.1 Å². The average molecular weight is 362 g/mol. The van der Waals surface area contributed by atoms with E-state index in [4.69, 9.17) is 18.9 Å². The molecule has 0 unspecified atom stereocenters. The maximum atomic E-state index is 6.19. The maximum Gasteiger partial charge on any atom is 0.164 e. The summed E-state index contributed by atoms with van der Waals surface area (Å²) >= 11 is 0. The fourth-order valence-corrected chi connectivity index (χ4v) is 4.22. The van der Waals surface area contributed by atoms with Gasteiger partial charge in [-0.25, -0.2) is 0 Å². The van der Waals surface area contributed by atoms with E-state index < -0.39 is 5.79 Å². The van der Waals surface area contributed by atoms with E-state index in [1.807, 2.05) is 26.0 Å². The van der Waals surface area contributed by atoms with Gasteiger partial charge in [-0.3, -0.25) is 4.90 Å². The van der Waals surface area contributed by atoms with Crippen LogP contribution in [0.25, 0.3) is 0 Å². The number of nitrogens with one attached hydrogen (secondary N) is 1. The van der Waals surface area contributed by atoms with Gasteiger partial charge in [0.1, 0.15) is 18.0 Å². The Balaban J connectivity index is 1.23. The Morgan fingerprint density at radius 1 is 1.15 bits per heavy atom. The summed E-state index contributed by atoms with van der Waals surface area (Å²) in [5, 5.41) is 3.53. The first-order valence-corrected chi connectivity index (χ1v) is 9.61. The monoisotopic (exact) mass is 362 g/mol. The Morgan fingerprint density at radius 3 is 2.62 bits per heavy atom. The summed E-state index contributed by atoms with van der Waals surface area (Å²) in [5.41, 5.74) is 1.27. The van der Waals surface area contributed by atoms with E-state index in [2.05, 4.69) is 22.3 Å². The molecule has 0 saturated carbocycles. The second kappa shape index (κ2) is 7.44. The quantitative estimate of drug-likeness (QED) is 0.779. The molecule has 3 heterocycles. The van der Waals surface area contributed by atoms with E-state index in [0.717, 1.165) is 44.9 Å². The SMILES string of the molecule is COc1ccc(CNCCN2CC[C@@H]3O[C@H](C2)[C@H]2OC(C)(C)O[C@H]23)cc1. The zero-order valence-corrected chi connectivity index (χ0v) is 15.9. The molecule has 26 heavy (non-hydrogen) atoms. The van der Waals surface area contributed by atoms with Crippen LogP contribution in [0.2, 0.25) is 0 Å². The maximum absolute atomic E-state index is 6.19. The van der Waals surface area contributed by atoms with Crippen molar-refractivity contribution >= 4 is 0 Å². The first-order chi connectivity index (χ1) is 12.5. The van der Waals surface area contributed by atoms with Gasteiger partial charge in [0.15, 0.2) is 5.79 Å². The molecule has 4 atom stereocenters. The molecule has 3 fully saturated rings. The second-order valence-electron chi connectivity index (χ2n) is 7.89. The van der Waals surface area contributed by atoms with Gasteiger partial charge in [-0.15, -0.1) is 0 Å². The van der Waals surface area contributed by atoms with E-state index in [9.17, 15) is 0 Å². The van der Waals surface area contributed by atoms with Gasteiger partial charge in [-0.05, 0) is 38.0 Å². The summed E-state index contributed by atoms with van der Waals surface area (Å²) in [6.07, 6.45) is 1.48. The minimum Gasteiger partial charge on any atom is -0.497 e. The number of hydrogen-bond acceptors (Lipinski definition) is 6. The molecular weight excluding hydrogens is 332 g/mol. The smallest absolute Gasteiger partial charge is 0.164 e. The standard InChI is InChI=1S/C20H30N2O4/c1-20(2)25-18-16-8-10-22(13-17(24-16)19(18)26-20)11-9-21-12-14-4-6-15(23-3)7-5-14/h4-7,16-19,21H,8-13H2,1-3H3/t16-,17+,18-,19+/m0/s1. The highest BCUT2D eigenvalue weighted by molar-refractivity contribution is 5.26. The third-order valence-electron chi connectivity index (χ3n) is 5.51. The van der Waals surface area contributed by atoms with Crippen molar-refractivity contribution in [3.05, 3.63) is 29.8 Å². The minimum absolute atomic E-state index is 0.0741. The van der Waals surface area contributed by atoms with Gasteiger partial charge in [0.2, 0.25) is 0 Å². The van der Waals surface area contributed by atoms with Crippen molar-refractivity contribution < 1.29 is 18.9 Å². The van der Waals surface area contributed by atoms with Crippen LogP contribution in [0.3, 0.4) is 0 Å². The lowest BCUT2D eigenvalue weighted by Crippen LogP contribution is -2.43. The van der Waals surface area contributed by atoms with Gasteiger partial charge in [0.05, 0.1) is 19.3 Å². The fraction of sp³-hybridized carbons (Fsp3) is 0.700. The Bertz CT molecular complexity index is 606.